The fourth-order valence-corrected chi connectivity index (χ4v) is 1.78. The molecular weight excluding hydrogens is 265 g/mol. The van der Waals surface area contributed by atoms with E-state index in [0.717, 1.165) is 12.1 Å². The van der Waals surface area contributed by atoms with Crippen LogP contribution in [0.15, 0.2) is 36.8 Å². The molecule has 0 fully saturated rings. The summed E-state index contributed by atoms with van der Waals surface area (Å²) in [6.45, 7) is 0. The second kappa shape index (κ2) is 4.94. The van der Waals surface area contributed by atoms with E-state index in [1.165, 1.54) is 18.6 Å². The van der Waals surface area contributed by atoms with E-state index in [0.29, 0.717) is 16.8 Å². The van der Waals surface area contributed by atoms with Gasteiger partial charge in [0.05, 0.1) is 17.1 Å². The van der Waals surface area contributed by atoms with E-state index in [1.54, 1.807) is 6.07 Å². The van der Waals surface area contributed by atoms with Crippen molar-refractivity contribution >= 4 is 11.6 Å². The van der Waals surface area contributed by atoms with Crippen LogP contribution in [0.2, 0.25) is 0 Å². The molecule has 0 radical (unpaired) electrons. The summed E-state index contributed by atoms with van der Waals surface area (Å²) in [6, 6.07) is 5.01. The van der Waals surface area contributed by atoms with Crippen molar-refractivity contribution in [2.75, 3.05) is 0 Å². The monoisotopic (exact) mass is 272 g/mol. The number of halogens is 4. The van der Waals surface area contributed by atoms with Crippen LogP contribution in [0.1, 0.15) is 11.3 Å². The Bertz CT molecular complexity index is 555. The Morgan fingerprint density at radius 3 is 2.67 bits per heavy atom. The Morgan fingerprint density at radius 2 is 2.00 bits per heavy atom. The maximum absolute atomic E-state index is 12.6. The zero-order chi connectivity index (χ0) is 13.2. The summed E-state index contributed by atoms with van der Waals surface area (Å²) in [6.07, 6.45) is -1.60. The van der Waals surface area contributed by atoms with Gasteiger partial charge < -0.3 is 0 Å². The van der Waals surface area contributed by atoms with Crippen molar-refractivity contribution in [2.24, 2.45) is 0 Å². The Labute approximate surface area is 106 Å². The zero-order valence-corrected chi connectivity index (χ0v) is 9.83. The van der Waals surface area contributed by atoms with Crippen LogP contribution in [-0.4, -0.2) is 9.97 Å². The first-order chi connectivity index (χ1) is 8.52. The standard InChI is InChI=1S/C12H8ClF3N2/c13-5-11-10(6-17-7-18-11)8-2-1-3-9(4-8)12(14,15)16/h1-4,6-7H,5H2. The van der Waals surface area contributed by atoms with Crippen LogP contribution in [0.5, 0.6) is 0 Å². The van der Waals surface area contributed by atoms with Gasteiger partial charge in [-0.15, -0.1) is 11.6 Å². The van der Waals surface area contributed by atoms with Crippen molar-refractivity contribution < 1.29 is 13.2 Å². The van der Waals surface area contributed by atoms with Crippen LogP contribution in [0.3, 0.4) is 0 Å². The first-order valence-corrected chi connectivity index (χ1v) is 5.58. The van der Waals surface area contributed by atoms with Crippen molar-refractivity contribution in [1.29, 1.82) is 0 Å². The topological polar surface area (TPSA) is 25.8 Å². The Balaban J connectivity index is 2.51. The lowest BCUT2D eigenvalue weighted by Crippen LogP contribution is -2.04. The summed E-state index contributed by atoms with van der Waals surface area (Å²) in [4.78, 5) is 7.75. The van der Waals surface area contributed by atoms with Gasteiger partial charge in [0, 0.05) is 11.8 Å². The highest BCUT2D eigenvalue weighted by Crippen LogP contribution is 2.32. The van der Waals surface area contributed by atoms with E-state index in [-0.39, 0.29) is 5.88 Å². The average Bonchev–Trinajstić information content (AvgIpc) is 2.38. The molecule has 0 atom stereocenters. The van der Waals surface area contributed by atoms with Gasteiger partial charge in [-0.2, -0.15) is 13.2 Å². The Hall–Kier alpha value is -1.62. The lowest BCUT2D eigenvalue weighted by atomic mass is 10.0. The highest BCUT2D eigenvalue weighted by atomic mass is 35.5. The fraction of sp³-hybridized carbons (Fsp3) is 0.167. The molecule has 2 aromatic rings. The normalized spacial score (nSPS) is 11.6. The number of aromatic nitrogens is 2. The van der Waals surface area contributed by atoms with Gasteiger partial charge >= 0.3 is 6.18 Å². The van der Waals surface area contributed by atoms with Gasteiger partial charge in [0.1, 0.15) is 6.33 Å². The molecule has 6 heteroatoms. The van der Waals surface area contributed by atoms with Gasteiger partial charge in [-0.1, -0.05) is 12.1 Å². The van der Waals surface area contributed by atoms with Crippen LogP contribution in [-0.2, 0) is 12.1 Å². The quantitative estimate of drug-likeness (QED) is 0.775. The molecule has 0 saturated heterocycles. The smallest absolute Gasteiger partial charge is 0.244 e. The van der Waals surface area contributed by atoms with Crippen LogP contribution in [0, 0.1) is 0 Å². The Morgan fingerprint density at radius 1 is 1.22 bits per heavy atom. The van der Waals surface area contributed by atoms with Gasteiger partial charge in [-0.25, -0.2) is 9.97 Å². The summed E-state index contributed by atoms with van der Waals surface area (Å²) in [5, 5.41) is 0. The largest absolute Gasteiger partial charge is 0.416 e. The second-order valence-electron chi connectivity index (χ2n) is 3.60. The minimum absolute atomic E-state index is 0.119. The molecule has 0 unspecified atom stereocenters. The molecule has 0 spiro atoms. The predicted molar refractivity (Wildman–Crippen MR) is 62.0 cm³/mol. The second-order valence-corrected chi connectivity index (χ2v) is 3.86. The van der Waals surface area contributed by atoms with E-state index in [1.807, 2.05) is 0 Å². The van der Waals surface area contributed by atoms with Crippen LogP contribution >= 0.6 is 11.6 Å². The van der Waals surface area contributed by atoms with E-state index < -0.39 is 11.7 Å². The third kappa shape index (κ3) is 2.61. The molecule has 1 heterocycles. The molecule has 0 aliphatic carbocycles. The van der Waals surface area contributed by atoms with Crippen molar-refractivity contribution in [3.8, 4) is 11.1 Å². The number of hydrogen-bond donors (Lipinski definition) is 0. The van der Waals surface area contributed by atoms with Gasteiger partial charge in [-0.05, 0) is 17.7 Å². The van der Waals surface area contributed by atoms with E-state index in [2.05, 4.69) is 9.97 Å². The van der Waals surface area contributed by atoms with Gasteiger partial charge in [-0.3, -0.25) is 0 Å². The van der Waals surface area contributed by atoms with Crippen molar-refractivity contribution in [3.05, 3.63) is 48.0 Å². The van der Waals surface area contributed by atoms with Crippen molar-refractivity contribution in [2.45, 2.75) is 12.1 Å². The summed E-state index contributed by atoms with van der Waals surface area (Å²) in [7, 11) is 0. The molecule has 0 saturated carbocycles. The molecule has 1 aromatic carbocycles. The number of hydrogen-bond acceptors (Lipinski definition) is 2. The average molecular weight is 273 g/mol. The first-order valence-electron chi connectivity index (χ1n) is 5.05. The number of rotatable bonds is 2. The number of nitrogens with zero attached hydrogens (tertiary/aromatic N) is 2. The summed E-state index contributed by atoms with van der Waals surface area (Å²) in [5.74, 6) is 0.119. The summed E-state index contributed by atoms with van der Waals surface area (Å²) < 4.78 is 37.8. The van der Waals surface area contributed by atoms with Gasteiger partial charge in [0.2, 0.25) is 0 Å². The predicted octanol–water partition coefficient (Wildman–Crippen LogP) is 3.90. The number of benzene rings is 1. The molecular formula is C12H8ClF3N2. The minimum atomic E-state index is -4.37. The molecule has 2 nitrogen and oxygen atoms in total. The minimum Gasteiger partial charge on any atom is -0.244 e. The van der Waals surface area contributed by atoms with Crippen molar-refractivity contribution in [3.63, 3.8) is 0 Å². The molecule has 94 valence electrons. The van der Waals surface area contributed by atoms with Gasteiger partial charge in [0.25, 0.3) is 0 Å². The summed E-state index contributed by atoms with van der Waals surface area (Å²) >= 11 is 5.70. The number of alkyl halides is 4. The molecule has 0 aliphatic rings. The third-order valence-electron chi connectivity index (χ3n) is 2.42. The van der Waals surface area contributed by atoms with E-state index in [4.69, 9.17) is 11.6 Å². The lowest BCUT2D eigenvalue weighted by Gasteiger charge is -2.10. The molecule has 0 aliphatic heterocycles. The molecule has 0 amide bonds. The maximum atomic E-state index is 12.6. The fourth-order valence-electron chi connectivity index (χ4n) is 1.57. The molecule has 2 rings (SSSR count). The SMILES string of the molecule is FC(F)(F)c1cccc(-c2cncnc2CCl)c1. The zero-order valence-electron chi connectivity index (χ0n) is 9.08. The molecule has 0 N–H and O–H groups in total. The summed E-state index contributed by atoms with van der Waals surface area (Å²) in [5.41, 5.74) is 0.718. The third-order valence-corrected chi connectivity index (χ3v) is 2.68. The lowest BCUT2D eigenvalue weighted by molar-refractivity contribution is -0.137. The van der Waals surface area contributed by atoms with Crippen LogP contribution in [0.4, 0.5) is 13.2 Å². The van der Waals surface area contributed by atoms with E-state index in [9.17, 15) is 13.2 Å². The maximum Gasteiger partial charge on any atom is 0.416 e. The van der Waals surface area contributed by atoms with Gasteiger partial charge in [0.15, 0.2) is 0 Å². The van der Waals surface area contributed by atoms with Crippen molar-refractivity contribution in [1.82, 2.24) is 9.97 Å². The van der Waals surface area contributed by atoms with Crippen LogP contribution in [0.25, 0.3) is 11.1 Å². The van der Waals surface area contributed by atoms with Crippen LogP contribution < -0.4 is 0 Å². The molecule has 18 heavy (non-hydrogen) atoms. The molecule has 1 aromatic heterocycles. The molecule has 0 bridgehead atoms. The van der Waals surface area contributed by atoms with E-state index >= 15 is 0 Å². The highest BCUT2D eigenvalue weighted by Gasteiger charge is 2.30. The highest BCUT2D eigenvalue weighted by molar-refractivity contribution is 6.17. The Kier molecular flexibility index (Phi) is 3.52. The first kappa shape index (κ1) is 12.8.